The first kappa shape index (κ1) is 41.5. The molecule has 0 saturated carbocycles. The summed E-state index contributed by atoms with van der Waals surface area (Å²) in [5.74, 6) is 1.60. The second-order valence-corrected chi connectivity index (χ2v) is 13.5. The number of nitriles is 2. The summed E-state index contributed by atoms with van der Waals surface area (Å²) in [5.41, 5.74) is 6.06. The number of halogens is 1. The number of nitrogens with two attached hydrogens (primary N) is 1. The Bertz CT molecular complexity index is 1490. The van der Waals surface area contributed by atoms with Gasteiger partial charge in [-0.2, -0.15) is 10.5 Å². The predicted molar refractivity (Wildman–Crippen MR) is 183 cm³/mol. The van der Waals surface area contributed by atoms with Gasteiger partial charge in [-0.05, 0) is 129 Å². The van der Waals surface area contributed by atoms with Gasteiger partial charge in [-0.1, -0.05) is 28.1 Å². The van der Waals surface area contributed by atoms with Gasteiger partial charge in [-0.25, -0.2) is 0 Å². The van der Waals surface area contributed by atoms with E-state index in [4.69, 9.17) is 30.8 Å². The van der Waals surface area contributed by atoms with Crippen molar-refractivity contribution in [2.45, 2.75) is 84.4 Å². The molecule has 0 spiro atoms. The average molecular weight is 695 g/mol. The van der Waals surface area contributed by atoms with Crippen LogP contribution in [0.4, 0.5) is 0 Å². The maximum atomic E-state index is 11.2. The highest BCUT2D eigenvalue weighted by molar-refractivity contribution is 9.10. The lowest BCUT2D eigenvalue weighted by Crippen LogP contribution is -2.36. The molecular formula is C36H44BrN3O6. The zero-order chi connectivity index (χ0) is 35.7. The van der Waals surface area contributed by atoms with Crippen LogP contribution in [0, 0.1) is 22.7 Å². The SMILES string of the molecule is CC(=O)C(C)(C)Br.CC(=O)C(C)(C)Oc1ccc(C#N)cc1.CC(=O)C(C)(C)Oc1ccc(CN)cc1.N#Cc1ccc(O)cc1. The van der Waals surface area contributed by atoms with Crippen LogP contribution in [-0.2, 0) is 20.9 Å². The van der Waals surface area contributed by atoms with E-state index in [2.05, 4.69) is 15.9 Å². The number of phenolic OH excluding ortho intramolecular Hbond substituents is 1. The average Bonchev–Trinajstić information content (AvgIpc) is 2.98. The van der Waals surface area contributed by atoms with Gasteiger partial charge in [0.15, 0.2) is 22.8 Å². The Labute approximate surface area is 281 Å². The summed E-state index contributed by atoms with van der Waals surface area (Å²) < 4.78 is 10.7. The van der Waals surface area contributed by atoms with Gasteiger partial charge >= 0.3 is 0 Å². The number of hydrogen-bond donors (Lipinski definition) is 2. The second-order valence-electron chi connectivity index (χ2n) is 11.5. The summed E-state index contributed by atoms with van der Waals surface area (Å²) in [4.78, 5) is 32.9. The van der Waals surface area contributed by atoms with E-state index < -0.39 is 11.2 Å². The number of Topliss-reactive ketones (excluding diaryl/α,β-unsaturated/α-hetero) is 3. The van der Waals surface area contributed by atoms with Gasteiger partial charge < -0.3 is 20.3 Å². The standard InChI is InChI=1S/C12H17NO2.C12H13NO2.C7H5NO.C5H9BrO/c2*1-9(14)12(2,3)15-11-6-4-10(8-13)5-7-11;8-5-6-1-3-7(9)4-2-6;1-4(7)5(2,3)6/h4-7H,8,13H2,1-3H3;4-7H,1-3H3;1-4,9H;1-3H3. The number of carbonyl (C=O) groups is 3. The van der Waals surface area contributed by atoms with Crippen molar-refractivity contribution in [2.24, 2.45) is 5.73 Å². The van der Waals surface area contributed by atoms with Crippen molar-refractivity contribution in [2.75, 3.05) is 0 Å². The Balaban J connectivity index is 0.000000614. The van der Waals surface area contributed by atoms with Crippen molar-refractivity contribution in [3.63, 3.8) is 0 Å². The first-order valence-electron chi connectivity index (χ1n) is 14.3. The molecule has 46 heavy (non-hydrogen) atoms. The molecule has 0 fully saturated rings. The molecule has 0 atom stereocenters. The maximum Gasteiger partial charge on any atom is 0.172 e. The van der Waals surface area contributed by atoms with Crippen LogP contribution in [0.25, 0.3) is 0 Å². The van der Waals surface area contributed by atoms with Crippen molar-refractivity contribution in [3.05, 3.63) is 89.5 Å². The topological polar surface area (TPSA) is 163 Å². The van der Waals surface area contributed by atoms with E-state index in [9.17, 15) is 14.4 Å². The van der Waals surface area contributed by atoms with E-state index in [1.54, 1.807) is 71.0 Å². The van der Waals surface area contributed by atoms with Crippen molar-refractivity contribution in [1.29, 1.82) is 10.5 Å². The molecule has 246 valence electrons. The predicted octanol–water partition coefficient (Wildman–Crippen LogP) is 7.21. The number of aromatic hydroxyl groups is 1. The highest BCUT2D eigenvalue weighted by Crippen LogP contribution is 2.20. The molecule has 9 nitrogen and oxygen atoms in total. The quantitative estimate of drug-likeness (QED) is 0.232. The summed E-state index contributed by atoms with van der Waals surface area (Å²) >= 11 is 3.19. The number of hydrogen-bond acceptors (Lipinski definition) is 9. The van der Waals surface area contributed by atoms with Crippen LogP contribution in [0.5, 0.6) is 17.2 Å². The van der Waals surface area contributed by atoms with Crippen molar-refractivity contribution < 1.29 is 29.0 Å². The van der Waals surface area contributed by atoms with Gasteiger partial charge in [0.05, 0.1) is 27.6 Å². The zero-order valence-corrected chi connectivity index (χ0v) is 29.6. The van der Waals surface area contributed by atoms with E-state index in [0.717, 1.165) is 5.56 Å². The normalized spacial score (nSPS) is 10.5. The Morgan fingerprint density at radius 2 is 0.978 bits per heavy atom. The van der Waals surface area contributed by atoms with Crippen molar-refractivity contribution >= 4 is 33.3 Å². The number of ether oxygens (including phenoxy) is 2. The smallest absolute Gasteiger partial charge is 0.172 e. The van der Waals surface area contributed by atoms with E-state index in [-0.39, 0.29) is 27.4 Å². The third-order valence-electron chi connectivity index (χ3n) is 6.42. The fourth-order valence-electron chi connectivity index (χ4n) is 2.56. The van der Waals surface area contributed by atoms with Gasteiger partial charge in [0, 0.05) is 6.54 Å². The maximum absolute atomic E-state index is 11.2. The molecule has 0 aromatic heterocycles. The van der Waals surface area contributed by atoms with Crippen LogP contribution in [0.3, 0.4) is 0 Å². The molecule has 0 radical (unpaired) electrons. The fourth-order valence-corrected chi connectivity index (χ4v) is 2.56. The highest BCUT2D eigenvalue weighted by atomic mass is 79.9. The van der Waals surface area contributed by atoms with E-state index in [1.807, 2.05) is 50.3 Å². The van der Waals surface area contributed by atoms with Crippen LogP contribution < -0.4 is 15.2 Å². The first-order valence-corrected chi connectivity index (χ1v) is 15.1. The number of nitrogens with zero attached hydrogens (tertiary/aromatic N) is 2. The molecule has 0 aliphatic rings. The number of phenols is 1. The van der Waals surface area contributed by atoms with E-state index >= 15 is 0 Å². The summed E-state index contributed by atoms with van der Waals surface area (Å²) in [5, 5.41) is 25.6. The van der Waals surface area contributed by atoms with Gasteiger partial charge in [0.2, 0.25) is 0 Å². The number of benzene rings is 3. The van der Waals surface area contributed by atoms with Gasteiger partial charge in [-0.15, -0.1) is 0 Å². The number of alkyl halides is 1. The van der Waals surface area contributed by atoms with Gasteiger partial charge in [0.25, 0.3) is 0 Å². The van der Waals surface area contributed by atoms with Gasteiger partial charge in [-0.3, -0.25) is 14.4 Å². The monoisotopic (exact) mass is 693 g/mol. The van der Waals surface area contributed by atoms with Crippen LogP contribution in [0.1, 0.15) is 79.0 Å². The van der Waals surface area contributed by atoms with Gasteiger partial charge in [0.1, 0.15) is 23.0 Å². The number of ketones is 3. The third-order valence-corrected chi connectivity index (χ3v) is 6.98. The molecule has 3 aromatic carbocycles. The number of carbonyl (C=O) groups excluding carboxylic acids is 3. The fraction of sp³-hybridized carbons (Fsp3) is 0.361. The Hall–Kier alpha value is -4.51. The second kappa shape index (κ2) is 19.1. The molecule has 0 amide bonds. The van der Waals surface area contributed by atoms with Crippen molar-refractivity contribution in [1.82, 2.24) is 0 Å². The van der Waals surface area contributed by atoms with Crippen LogP contribution in [-0.4, -0.2) is 38.0 Å². The molecule has 10 heteroatoms. The molecular weight excluding hydrogens is 650 g/mol. The zero-order valence-electron chi connectivity index (χ0n) is 28.0. The molecule has 3 rings (SSSR count). The molecule has 0 aliphatic carbocycles. The molecule has 3 aromatic rings. The van der Waals surface area contributed by atoms with E-state index in [0.29, 0.717) is 29.2 Å². The summed E-state index contributed by atoms with van der Waals surface area (Å²) in [6, 6.07) is 24.2. The Kier molecular flexibility index (Phi) is 17.2. The molecule has 0 unspecified atom stereocenters. The minimum absolute atomic E-state index is 0.00500. The summed E-state index contributed by atoms with van der Waals surface area (Å²) in [7, 11) is 0. The molecule has 3 N–H and O–H groups in total. The van der Waals surface area contributed by atoms with Crippen LogP contribution >= 0.6 is 15.9 Å². The first-order chi connectivity index (χ1) is 21.2. The Morgan fingerprint density at radius 1 is 0.674 bits per heavy atom. The minimum atomic E-state index is -0.825. The number of rotatable bonds is 8. The van der Waals surface area contributed by atoms with Crippen LogP contribution in [0.15, 0.2) is 72.8 Å². The summed E-state index contributed by atoms with van der Waals surface area (Å²) in [6.07, 6.45) is 0. The molecule has 0 heterocycles. The molecule has 0 saturated heterocycles. The lowest BCUT2D eigenvalue weighted by Gasteiger charge is -2.23. The highest BCUT2D eigenvalue weighted by Gasteiger charge is 2.26. The van der Waals surface area contributed by atoms with E-state index in [1.165, 1.54) is 26.0 Å². The lowest BCUT2D eigenvalue weighted by molar-refractivity contribution is -0.130. The third kappa shape index (κ3) is 16.5. The Morgan fingerprint density at radius 3 is 1.24 bits per heavy atom. The minimum Gasteiger partial charge on any atom is -0.508 e. The lowest BCUT2D eigenvalue weighted by atomic mass is 10.1. The molecule has 0 aliphatic heterocycles. The largest absolute Gasteiger partial charge is 0.508 e. The van der Waals surface area contributed by atoms with Crippen molar-refractivity contribution in [3.8, 4) is 29.4 Å². The van der Waals surface area contributed by atoms with Crippen LogP contribution in [0.2, 0.25) is 0 Å². The summed E-state index contributed by atoms with van der Waals surface area (Å²) in [6.45, 7) is 15.7. The molecule has 0 bridgehead atoms.